The van der Waals surface area contributed by atoms with Crippen molar-refractivity contribution in [1.29, 1.82) is 0 Å². The van der Waals surface area contributed by atoms with Crippen LogP contribution in [0.2, 0.25) is 0 Å². The van der Waals surface area contributed by atoms with Gasteiger partial charge in [-0.15, -0.1) is 0 Å². The second-order valence-electron chi connectivity index (χ2n) is 6.43. The van der Waals surface area contributed by atoms with E-state index >= 15 is 0 Å². The standard InChI is InChI=1S/C22H28N2O3/c1-4-23-22(26)17(2)24(16-19-11-8-12-20(15-19)27-3)21(25)14-13-18-9-6-5-7-10-18/h5-12,15,17H,4,13-14,16H2,1-3H3,(H,23,26)/t17-/m0/s1. The van der Waals surface area contributed by atoms with Crippen molar-refractivity contribution in [3.8, 4) is 5.75 Å². The van der Waals surface area contributed by atoms with Crippen molar-refractivity contribution >= 4 is 11.8 Å². The normalized spacial score (nSPS) is 11.5. The molecule has 2 aromatic rings. The van der Waals surface area contributed by atoms with Gasteiger partial charge in [-0.3, -0.25) is 9.59 Å². The summed E-state index contributed by atoms with van der Waals surface area (Å²) in [5.41, 5.74) is 2.04. The Morgan fingerprint density at radius 3 is 2.44 bits per heavy atom. The minimum Gasteiger partial charge on any atom is -0.497 e. The third kappa shape index (κ3) is 6.13. The van der Waals surface area contributed by atoms with Crippen LogP contribution in [-0.2, 0) is 22.6 Å². The Hall–Kier alpha value is -2.82. The molecule has 0 radical (unpaired) electrons. The zero-order valence-corrected chi connectivity index (χ0v) is 16.3. The van der Waals surface area contributed by atoms with Gasteiger partial charge >= 0.3 is 0 Å². The van der Waals surface area contributed by atoms with E-state index in [2.05, 4.69) is 5.32 Å². The lowest BCUT2D eigenvalue weighted by Crippen LogP contribution is -2.47. The van der Waals surface area contributed by atoms with E-state index in [0.29, 0.717) is 25.9 Å². The first-order valence-corrected chi connectivity index (χ1v) is 9.29. The molecule has 0 aliphatic carbocycles. The van der Waals surface area contributed by atoms with E-state index < -0.39 is 6.04 Å². The van der Waals surface area contributed by atoms with Crippen LogP contribution in [0.1, 0.15) is 31.4 Å². The molecule has 0 heterocycles. The summed E-state index contributed by atoms with van der Waals surface area (Å²) in [4.78, 5) is 26.9. The van der Waals surface area contributed by atoms with Crippen LogP contribution in [-0.4, -0.2) is 36.4 Å². The SMILES string of the molecule is CCNC(=O)[C@H](C)N(Cc1cccc(OC)c1)C(=O)CCc1ccccc1. The number of methoxy groups -OCH3 is 1. The topological polar surface area (TPSA) is 58.6 Å². The Morgan fingerprint density at radius 2 is 1.78 bits per heavy atom. The predicted molar refractivity (Wildman–Crippen MR) is 106 cm³/mol. The fraction of sp³-hybridized carbons (Fsp3) is 0.364. The average molecular weight is 368 g/mol. The van der Waals surface area contributed by atoms with Gasteiger partial charge in [0.1, 0.15) is 11.8 Å². The van der Waals surface area contributed by atoms with Gasteiger partial charge in [0.2, 0.25) is 11.8 Å². The van der Waals surface area contributed by atoms with Gasteiger partial charge in [0.25, 0.3) is 0 Å². The van der Waals surface area contributed by atoms with E-state index in [0.717, 1.165) is 16.9 Å². The fourth-order valence-corrected chi connectivity index (χ4v) is 2.91. The van der Waals surface area contributed by atoms with Crippen molar-refractivity contribution in [2.75, 3.05) is 13.7 Å². The van der Waals surface area contributed by atoms with Crippen LogP contribution >= 0.6 is 0 Å². The maximum absolute atomic E-state index is 12.9. The number of benzene rings is 2. The highest BCUT2D eigenvalue weighted by molar-refractivity contribution is 5.87. The molecule has 5 heteroatoms. The number of carbonyl (C=O) groups is 2. The Bertz CT molecular complexity index is 746. The molecule has 0 aromatic heterocycles. The minimum absolute atomic E-state index is 0.0413. The van der Waals surface area contributed by atoms with Crippen LogP contribution in [0.3, 0.4) is 0 Å². The van der Waals surface area contributed by atoms with Crippen molar-refractivity contribution < 1.29 is 14.3 Å². The molecular weight excluding hydrogens is 340 g/mol. The number of hydrogen-bond acceptors (Lipinski definition) is 3. The molecule has 2 aromatic carbocycles. The maximum Gasteiger partial charge on any atom is 0.242 e. The van der Waals surface area contributed by atoms with Crippen molar-refractivity contribution in [3.63, 3.8) is 0 Å². The Labute approximate surface area is 161 Å². The van der Waals surface area contributed by atoms with Crippen LogP contribution in [0.4, 0.5) is 0 Å². The van der Waals surface area contributed by atoms with Crippen LogP contribution in [0.25, 0.3) is 0 Å². The van der Waals surface area contributed by atoms with E-state index in [1.165, 1.54) is 0 Å². The highest BCUT2D eigenvalue weighted by Gasteiger charge is 2.25. The molecule has 5 nitrogen and oxygen atoms in total. The molecule has 144 valence electrons. The highest BCUT2D eigenvalue weighted by atomic mass is 16.5. The molecule has 1 atom stereocenters. The van der Waals surface area contributed by atoms with Gasteiger partial charge in [-0.1, -0.05) is 42.5 Å². The quantitative estimate of drug-likeness (QED) is 0.740. The van der Waals surface area contributed by atoms with Gasteiger partial charge in [0, 0.05) is 19.5 Å². The third-order valence-electron chi connectivity index (χ3n) is 4.48. The monoisotopic (exact) mass is 368 g/mol. The molecule has 0 aliphatic heterocycles. The average Bonchev–Trinajstić information content (AvgIpc) is 2.70. The maximum atomic E-state index is 12.9. The number of rotatable bonds is 9. The summed E-state index contributed by atoms with van der Waals surface area (Å²) in [5, 5.41) is 2.81. The molecule has 0 saturated carbocycles. The van der Waals surface area contributed by atoms with Crippen molar-refractivity contribution in [2.45, 2.75) is 39.3 Å². The zero-order chi connectivity index (χ0) is 19.6. The summed E-state index contributed by atoms with van der Waals surface area (Å²) in [6.07, 6.45) is 1.01. The number of hydrogen-bond donors (Lipinski definition) is 1. The van der Waals surface area contributed by atoms with E-state index in [-0.39, 0.29) is 11.8 Å². The van der Waals surface area contributed by atoms with E-state index in [1.807, 2.05) is 61.5 Å². The molecule has 2 amide bonds. The van der Waals surface area contributed by atoms with Gasteiger partial charge in [0.05, 0.1) is 7.11 Å². The van der Waals surface area contributed by atoms with Crippen LogP contribution < -0.4 is 10.1 Å². The number of amides is 2. The summed E-state index contributed by atoms with van der Waals surface area (Å²) < 4.78 is 5.27. The van der Waals surface area contributed by atoms with Crippen molar-refractivity contribution in [2.24, 2.45) is 0 Å². The van der Waals surface area contributed by atoms with Crippen LogP contribution in [0.15, 0.2) is 54.6 Å². The number of likely N-dealkylation sites (N-methyl/N-ethyl adjacent to an activating group) is 1. The summed E-state index contributed by atoms with van der Waals surface area (Å²) in [6.45, 7) is 4.54. The third-order valence-corrected chi connectivity index (χ3v) is 4.48. The number of aryl methyl sites for hydroxylation is 1. The summed E-state index contributed by atoms with van der Waals surface area (Å²) in [6, 6.07) is 16.9. The molecule has 0 bridgehead atoms. The van der Waals surface area contributed by atoms with E-state index in [9.17, 15) is 9.59 Å². The predicted octanol–water partition coefficient (Wildman–Crippen LogP) is 3.18. The van der Waals surface area contributed by atoms with E-state index in [4.69, 9.17) is 4.74 Å². The molecule has 1 N–H and O–H groups in total. The fourth-order valence-electron chi connectivity index (χ4n) is 2.91. The summed E-state index contributed by atoms with van der Waals surface area (Å²) in [5.74, 6) is 0.545. The van der Waals surface area contributed by atoms with E-state index in [1.54, 1.807) is 18.9 Å². The van der Waals surface area contributed by atoms with Crippen molar-refractivity contribution in [3.05, 3.63) is 65.7 Å². The molecule has 2 rings (SSSR count). The molecule has 0 fully saturated rings. The first-order valence-electron chi connectivity index (χ1n) is 9.29. The zero-order valence-electron chi connectivity index (χ0n) is 16.3. The lowest BCUT2D eigenvalue weighted by atomic mass is 10.1. The molecule has 0 saturated heterocycles. The Balaban J connectivity index is 2.14. The first kappa shape index (κ1) is 20.5. The summed E-state index contributed by atoms with van der Waals surface area (Å²) >= 11 is 0. The lowest BCUT2D eigenvalue weighted by Gasteiger charge is -2.29. The largest absolute Gasteiger partial charge is 0.497 e. The smallest absolute Gasteiger partial charge is 0.242 e. The summed E-state index contributed by atoms with van der Waals surface area (Å²) in [7, 11) is 1.61. The molecule has 0 aliphatic rings. The van der Waals surface area contributed by atoms with Gasteiger partial charge in [-0.25, -0.2) is 0 Å². The van der Waals surface area contributed by atoms with Gasteiger partial charge < -0.3 is 15.0 Å². The van der Waals surface area contributed by atoms with Gasteiger partial charge in [-0.2, -0.15) is 0 Å². The van der Waals surface area contributed by atoms with Gasteiger partial charge in [0.15, 0.2) is 0 Å². The molecular formula is C22H28N2O3. The van der Waals surface area contributed by atoms with Crippen LogP contribution in [0, 0.1) is 0 Å². The second kappa shape index (κ2) is 10.4. The first-order chi connectivity index (χ1) is 13.0. The molecule has 0 unspecified atom stereocenters. The van der Waals surface area contributed by atoms with Gasteiger partial charge in [-0.05, 0) is 43.5 Å². The minimum atomic E-state index is -0.542. The van der Waals surface area contributed by atoms with Crippen molar-refractivity contribution in [1.82, 2.24) is 10.2 Å². The highest BCUT2D eigenvalue weighted by Crippen LogP contribution is 2.17. The Morgan fingerprint density at radius 1 is 1.07 bits per heavy atom. The van der Waals surface area contributed by atoms with Crippen LogP contribution in [0.5, 0.6) is 5.75 Å². The Kier molecular flexibility index (Phi) is 7.86. The molecule has 27 heavy (non-hydrogen) atoms. The molecule has 0 spiro atoms. The number of carbonyl (C=O) groups excluding carboxylic acids is 2. The number of nitrogens with one attached hydrogen (secondary N) is 1. The number of nitrogens with zero attached hydrogens (tertiary/aromatic N) is 1. The number of ether oxygens (including phenoxy) is 1. The lowest BCUT2D eigenvalue weighted by molar-refractivity contribution is -0.140. The second-order valence-corrected chi connectivity index (χ2v) is 6.43.